The highest BCUT2D eigenvalue weighted by Crippen LogP contribution is 2.18. The van der Waals surface area contributed by atoms with Gasteiger partial charge in [-0.3, -0.25) is 25.8 Å². The predicted molar refractivity (Wildman–Crippen MR) is 115 cm³/mol. The van der Waals surface area contributed by atoms with Crippen molar-refractivity contribution in [3.63, 3.8) is 0 Å². The molecule has 0 saturated carbocycles. The van der Waals surface area contributed by atoms with Crippen LogP contribution in [0.4, 0.5) is 4.39 Å². The number of carbonyl (C=O) groups excluding carboxylic acids is 2. The first-order chi connectivity index (χ1) is 14.0. The van der Waals surface area contributed by atoms with Crippen LogP contribution in [0.2, 0.25) is 0 Å². The fraction of sp³-hybridized carbons (Fsp3) is 0.0455. The third-order valence-corrected chi connectivity index (χ3v) is 4.28. The number of amides is 2. The van der Waals surface area contributed by atoms with Crippen LogP contribution in [0.3, 0.4) is 0 Å². The number of fused-ring (bicyclic) bond motifs is 1. The van der Waals surface area contributed by atoms with Crippen molar-refractivity contribution in [2.45, 2.75) is 6.42 Å². The molecule has 0 aromatic heterocycles. The van der Waals surface area contributed by atoms with Gasteiger partial charge in [-0.2, -0.15) is 0 Å². The molecule has 2 amide bonds. The summed E-state index contributed by atoms with van der Waals surface area (Å²) < 4.78 is 12.9. The summed E-state index contributed by atoms with van der Waals surface area (Å²) in [6, 6.07) is 19.3. The smallest absolute Gasteiger partial charge is 0.250 e. The maximum atomic E-state index is 12.9. The Labute approximate surface area is 172 Å². The molecule has 0 unspecified atom stereocenters. The van der Waals surface area contributed by atoms with Crippen LogP contribution in [-0.2, 0) is 16.0 Å². The topological polar surface area (TPSA) is 70.2 Å². The molecule has 0 aliphatic heterocycles. The quantitative estimate of drug-likeness (QED) is 0.353. The molecule has 0 atom stereocenters. The molecule has 3 aromatic carbocycles. The minimum atomic E-state index is -0.477. The number of hydrogen-bond acceptors (Lipinski definition) is 3. The summed E-state index contributed by atoms with van der Waals surface area (Å²) in [6.45, 7) is 0. The highest BCUT2D eigenvalue weighted by molar-refractivity contribution is 7.80. The second-order valence-electron chi connectivity index (χ2n) is 6.19. The number of benzene rings is 3. The number of hydrazine groups is 1. The maximum Gasteiger partial charge on any atom is 0.250 e. The van der Waals surface area contributed by atoms with Gasteiger partial charge in [0.25, 0.3) is 0 Å². The number of hydrogen-bond donors (Lipinski definition) is 3. The number of halogens is 1. The summed E-state index contributed by atoms with van der Waals surface area (Å²) in [4.78, 5) is 24.1. The van der Waals surface area contributed by atoms with Crippen molar-refractivity contribution in [1.29, 1.82) is 0 Å². The van der Waals surface area contributed by atoms with E-state index in [2.05, 4.69) is 16.2 Å². The lowest BCUT2D eigenvalue weighted by atomic mass is 10.0. The van der Waals surface area contributed by atoms with Gasteiger partial charge in [0.05, 0.1) is 6.42 Å². The molecule has 0 radical (unpaired) electrons. The van der Waals surface area contributed by atoms with Crippen LogP contribution >= 0.6 is 12.2 Å². The first kappa shape index (κ1) is 20.2. The Morgan fingerprint density at radius 2 is 1.66 bits per heavy atom. The van der Waals surface area contributed by atoms with Gasteiger partial charge < -0.3 is 0 Å². The van der Waals surface area contributed by atoms with E-state index in [0.717, 1.165) is 16.3 Å². The molecular weight excluding hydrogens is 389 g/mol. The van der Waals surface area contributed by atoms with Crippen LogP contribution in [0.5, 0.6) is 0 Å². The van der Waals surface area contributed by atoms with Gasteiger partial charge in [0, 0.05) is 6.08 Å². The zero-order valence-corrected chi connectivity index (χ0v) is 16.1. The molecule has 0 bridgehead atoms. The van der Waals surface area contributed by atoms with Crippen LogP contribution < -0.4 is 16.2 Å². The minimum Gasteiger partial charge on any atom is -0.298 e. The van der Waals surface area contributed by atoms with Gasteiger partial charge in [0.1, 0.15) is 5.82 Å². The Hall–Kier alpha value is -3.58. The molecular formula is C22H18FN3O2S. The fourth-order valence-electron chi connectivity index (χ4n) is 2.72. The highest BCUT2D eigenvalue weighted by Gasteiger charge is 2.08. The molecule has 0 heterocycles. The van der Waals surface area contributed by atoms with Crippen molar-refractivity contribution < 1.29 is 14.0 Å². The van der Waals surface area contributed by atoms with Crippen LogP contribution in [0, 0.1) is 5.82 Å². The number of nitrogens with one attached hydrogen (secondary N) is 3. The lowest BCUT2D eigenvalue weighted by molar-refractivity contribution is -0.121. The molecule has 0 spiro atoms. The van der Waals surface area contributed by atoms with E-state index in [1.165, 1.54) is 24.3 Å². The maximum absolute atomic E-state index is 12.9. The molecule has 0 aliphatic rings. The van der Waals surface area contributed by atoms with Crippen LogP contribution in [0.15, 0.2) is 72.8 Å². The molecule has 0 saturated heterocycles. The van der Waals surface area contributed by atoms with E-state index in [1.54, 1.807) is 12.1 Å². The van der Waals surface area contributed by atoms with E-state index in [4.69, 9.17) is 12.2 Å². The summed E-state index contributed by atoms with van der Waals surface area (Å²) in [5.41, 5.74) is 6.53. The van der Waals surface area contributed by atoms with Crippen LogP contribution in [0.25, 0.3) is 16.8 Å². The van der Waals surface area contributed by atoms with Crippen molar-refractivity contribution in [3.8, 4) is 0 Å². The number of rotatable bonds is 4. The van der Waals surface area contributed by atoms with Crippen molar-refractivity contribution in [2.24, 2.45) is 0 Å². The Morgan fingerprint density at radius 3 is 2.45 bits per heavy atom. The summed E-state index contributed by atoms with van der Waals surface area (Å²) >= 11 is 5.00. The summed E-state index contributed by atoms with van der Waals surface area (Å²) in [5.74, 6) is -1.12. The van der Waals surface area contributed by atoms with Gasteiger partial charge in [0.2, 0.25) is 11.8 Å². The Bertz CT molecular complexity index is 1080. The zero-order valence-electron chi connectivity index (χ0n) is 15.3. The Balaban J connectivity index is 1.47. The first-order valence-corrected chi connectivity index (χ1v) is 9.22. The van der Waals surface area contributed by atoms with Crippen molar-refractivity contribution in [1.82, 2.24) is 16.2 Å². The molecule has 3 rings (SSSR count). The molecule has 3 N–H and O–H groups in total. The summed E-state index contributed by atoms with van der Waals surface area (Å²) in [7, 11) is 0. The van der Waals surface area contributed by atoms with Gasteiger partial charge in [-0.05, 0) is 52.3 Å². The SMILES string of the molecule is O=C(C=Cc1ccc(F)cc1)NC(=S)NNC(=O)Cc1cccc2ccccc12. The normalized spacial score (nSPS) is 10.7. The lowest BCUT2D eigenvalue weighted by Gasteiger charge is -2.11. The molecule has 3 aromatic rings. The van der Waals surface area contributed by atoms with Crippen molar-refractivity contribution >= 4 is 46.0 Å². The molecule has 0 aliphatic carbocycles. The largest absolute Gasteiger partial charge is 0.298 e. The Kier molecular flexibility index (Phi) is 6.65. The van der Waals surface area contributed by atoms with Gasteiger partial charge in [-0.25, -0.2) is 4.39 Å². The average molecular weight is 407 g/mol. The van der Waals surface area contributed by atoms with Crippen molar-refractivity contribution in [3.05, 3.63) is 89.8 Å². The molecule has 29 heavy (non-hydrogen) atoms. The van der Waals surface area contributed by atoms with E-state index in [1.807, 2.05) is 42.5 Å². The number of carbonyl (C=O) groups is 2. The van der Waals surface area contributed by atoms with Gasteiger partial charge in [-0.1, -0.05) is 54.6 Å². The summed E-state index contributed by atoms with van der Waals surface area (Å²) in [6.07, 6.45) is 2.95. The van der Waals surface area contributed by atoms with E-state index in [0.29, 0.717) is 5.56 Å². The second-order valence-corrected chi connectivity index (χ2v) is 6.60. The molecule has 5 nitrogen and oxygen atoms in total. The molecule has 146 valence electrons. The second kappa shape index (κ2) is 9.57. The van der Waals surface area contributed by atoms with Crippen LogP contribution in [0.1, 0.15) is 11.1 Å². The molecule has 7 heteroatoms. The van der Waals surface area contributed by atoms with Gasteiger partial charge in [-0.15, -0.1) is 0 Å². The predicted octanol–water partition coefficient (Wildman–Crippen LogP) is 3.26. The standard InChI is InChI=1S/C22H18FN3O2S/c23-18-11-8-15(9-12-18)10-13-20(27)24-22(29)26-25-21(28)14-17-6-3-5-16-4-1-2-7-19(16)17/h1-13H,14H2,(H,25,28)(H2,24,26,27,29). The van der Waals surface area contributed by atoms with Crippen LogP contribution in [-0.4, -0.2) is 16.9 Å². The number of thiocarbonyl (C=S) groups is 1. The summed E-state index contributed by atoms with van der Waals surface area (Å²) in [5, 5.41) is 4.44. The van der Waals surface area contributed by atoms with E-state index >= 15 is 0 Å². The lowest BCUT2D eigenvalue weighted by Crippen LogP contribution is -2.48. The molecule has 0 fully saturated rings. The van der Waals surface area contributed by atoms with E-state index in [-0.39, 0.29) is 23.3 Å². The van der Waals surface area contributed by atoms with E-state index in [9.17, 15) is 14.0 Å². The first-order valence-electron chi connectivity index (χ1n) is 8.81. The zero-order chi connectivity index (χ0) is 20.6. The van der Waals surface area contributed by atoms with Gasteiger partial charge >= 0.3 is 0 Å². The Morgan fingerprint density at radius 1 is 0.931 bits per heavy atom. The fourth-order valence-corrected chi connectivity index (χ4v) is 2.87. The third-order valence-electron chi connectivity index (χ3n) is 4.08. The minimum absolute atomic E-state index is 0.0370. The van der Waals surface area contributed by atoms with Gasteiger partial charge in [0.15, 0.2) is 5.11 Å². The van der Waals surface area contributed by atoms with Crippen molar-refractivity contribution in [2.75, 3.05) is 0 Å². The third kappa shape index (κ3) is 5.95. The highest BCUT2D eigenvalue weighted by atomic mass is 32.1. The average Bonchev–Trinajstić information content (AvgIpc) is 2.72. The monoisotopic (exact) mass is 407 g/mol. The van der Waals surface area contributed by atoms with E-state index < -0.39 is 5.91 Å².